The molecule has 3 aromatic carbocycles. The summed E-state index contributed by atoms with van der Waals surface area (Å²) in [5.41, 5.74) is 5.90. The summed E-state index contributed by atoms with van der Waals surface area (Å²) in [5.74, 6) is 0.819. The van der Waals surface area contributed by atoms with Gasteiger partial charge < -0.3 is 14.6 Å². The second-order valence-corrected chi connectivity index (χ2v) is 6.90. The normalized spacial score (nSPS) is 11.0. The Morgan fingerprint density at radius 2 is 1.62 bits per heavy atom. The first-order valence-corrected chi connectivity index (χ1v) is 10.1. The van der Waals surface area contributed by atoms with Crippen LogP contribution in [-0.4, -0.2) is 42.3 Å². The molecule has 4 rings (SSSR count). The van der Waals surface area contributed by atoms with Crippen molar-refractivity contribution in [2.75, 3.05) is 27.2 Å². The average molecular weight is 393 g/mol. The van der Waals surface area contributed by atoms with E-state index in [0.717, 1.165) is 51.0 Å². The van der Waals surface area contributed by atoms with Crippen LogP contribution in [0.15, 0.2) is 60.7 Å². The number of quaternary nitrogens is 1. The van der Waals surface area contributed by atoms with E-state index in [-0.39, 0.29) is 0 Å². The number of nitrogens with zero attached hydrogens (tertiary/aromatic N) is 1. The Hall–Kier alpha value is -2.86. The third-order valence-electron chi connectivity index (χ3n) is 4.81. The van der Waals surface area contributed by atoms with E-state index in [1.807, 2.05) is 64.3 Å². The molecule has 0 aliphatic rings. The molecule has 0 bridgehead atoms. The van der Waals surface area contributed by atoms with Crippen molar-refractivity contribution in [1.82, 2.24) is 9.88 Å². The maximum Gasteiger partial charge on any atom is 0.169 e. The Morgan fingerprint density at radius 3 is 2.38 bits per heavy atom. The number of hydrogen-bond donors (Lipinski definition) is 3. The van der Waals surface area contributed by atoms with Crippen LogP contribution in [0, 0.1) is 0 Å². The Bertz CT molecular complexity index is 1090. The fourth-order valence-electron chi connectivity index (χ4n) is 3.44. The van der Waals surface area contributed by atoms with Crippen LogP contribution >= 0.6 is 0 Å². The highest BCUT2D eigenvalue weighted by Gasteiger charge is 2.18. The van der Waals surface area contributed by atoms with Crippen molar-refractivity contribution in [3.8, 4) is 16.9 Å². The highest BCUT2D eigenvalue weighted by Crippen LogP contribution is 2.40. The van der Waals surface area contributed by atoms with Gasteiger partial charge in [-0.3, -0.25) is 0 Å². The first kappa shape index (κ1) is 20.9. The number of aromatic amines is 1. The summed E-state index contributed by atoms with van der Waals surface area (Å²) in [6.45, 7) is 5.41. The van der Waals surface area contributed by atoms with Crippen LogP contribution in [-0.2, 0) is 0 Å². The molecule has 4 aromatic rings. The van der Waals surface area contributed by atoms with Crippen molar-refractivity contribution >= 4 is 27.5 Å². The highest BCUT2D eigenvalue weighted by molar-refractivity contribution is 6.11. The predicted octanol–water partition coefficient (Wildman–Crippen LogP) is 4.54. The number of aromatic nitrogens is 1. The van der Waals surface area contributed by atoms with Crippen LogP contribution in [0.25, 0.3) is 32.9 Å². The van der Waals surface area contributed by atoms with Gasteiger partial charge in [-0.15, -0.1) is 0 Å². The Kier molecular flexibility index (Phi) is 6.88. The maximum atomic E-state index is 9.67. The minimum atomic E-state index is 0.583. The fraction of sp³-hybridized carbons (Fsp3) is 0.250. The predicted molar refractivity (Wildman–Crippen MR) is 120 cm³/mol. The first-order chi connectivity index (χ1) is 14.2. The van der Waals surface area contributed by atoms with E-state index in [4.69, 9.17) is 4.74 Å². The van der Waals surface area contributed by atoms with Gasteiger partial charge in [-0.1, -0.05) is 50.2 Å². The van der Waals surface area contributed by atoms with Crippen molar-refractivity contribution < 1.29 is 15.4 Å². The minimum absolute atomic E-state index is 0.583. The highest BCUT2D eigenvalue weighted by atomic mass is 16.5. The van der Waals surface area contributed by atoms with Crippen LogP contribution in [0.4, 0.5) is 5.69 Å². The number of nitrogens with two attached hydrogens (primary N) is 1. The van der Waals surface area contributed by atoms with Crippen molar-refractivity contribution in [2.45, 2.75) is 13.8 Å². The molecule has 0 radical (unpaired) electrons. The number of benzene rings is 3. The lowest BCUT2D eigenvalue weighted by atomic mass is 10.0. The first-order valence-electron chi connectivity index (χ1n) is 10.1. The second kappa shape index (κ2) is 9.56. The summed E-state index contributed by atoms with van der Waals surface area (Å²) >= 11 is 0. The fourth-order valence-corrected chi connectivity index (χ4v) is 3.44. The van der Waals surface area contributed by atoms with Gasteiger partial charge in [0.25, 0.3) is 0 Å². The average Bonchev–Trinajstić information content (AvgIpc) is 3.14. The van der Waals surface area contributed by atoms with Crippen molar-refractivity contribution in [3.05, 3.63) is 60.7 Å². The van der Waals surface area contributed by atoms with Crippen LogP contribution in [0.2, 0.25) is 0 Å². The number of H-pyrrole nitrogens is 1. The number of nitrogens with one attached hydrogen (secondary N) is 1. The molecule has 0 spiro atoms. The van der Waals surface area contributed by atoms with Gasteiger partial charge in [0.2, 0.25) is 0 Å². The minimum Gasteiger partial charge on any atom is -0.489 e. The van der Waals surface area contributed by atoms with E-state index in [9.17, 15) is 5.21 Å². The summed E-state index contributed by atoms with van der Waals surface area (Å²) < 4.78 is 6.28. The third kappa shape index (κ3) is 4.27. The lowest BCUT2D eigenvalue weighted by Gasteiger charge is -2.16. The zero-order valence-electron chi connectivity index (χ0n) is 17.6. The van der Waals surface area contributed by atoms with E-state index in [1.54, 1.807) is 0 Å². The SMILES string of the molecule is CC.CN(C)CCOc1c(-c2ccccc2[NH2+]O)ccc2c1[nH]c1ccccc12. The summed E-state index contributed by atoms with van der Waals surface area (Å²) in [6.07, 6.45) is 0. The van der Waals surface area contributed by atoms with Crippen LogP contribution in [0.1, 0.15) is 13.8 Å². The molecule has 0 saturated carbocycles. The van der Waals surface area contributed by atoms with Gasteiger partial charge in [-0.2, -0.15) is 5.48 Å². The van der Waals surface area contributed by atoms with Crippen molar-refractivity contribution in [3.63, 3.8) is 0 Å². The number of hydrogen-bond acceptors (Lipinski definition) is 3. The maximum absolute atomic E-state index is 9.67. The van der Waals surface area contributed by atoms with Crippen LogP contribution in [0.5, 0.6) is 5.75 Å². The molecule has 152 valence electrons. The number of para-hydroxylation sites is 2. The summed E-state index contributed by atoms with van der Waals surface area (Å²) in [6, 6.07) is 20.3. The van der Waals surface area contributed by atoms with Gasteiger partial charge in [-0.05, 0) is 32.3 Å². The number of fused-ring (bicyclic) bond motifs is 3. The Balaban J connectivity index is 0.00000117. The van der Waals surface area contributed by atoms with E-state index in [1.165, 1.54) is 5.39 Å². The summed E-state index contributed by atoms with van der Waals surface area (Å²) in [5, 5.41) is 12.0. The van der Waals surface area contributed by atoms with E-state index >= 15 is 0 Å². The monoisotopic (exact) mass is 392 g/mol. The third-order valence-corrected chi connectivity index (χ3v) is 4.81. The van der Waals surface area contributed by atoms with Gasteiger partial charge in [0.1, 0.15) is 6.61 Å². The number of likely N-dealkylation sites (N-methyl/N-ethyl adjacent to an activating group) is 1. The number of rotatable bonds is 6. The molecule has 0 aliphatic carbocycles. The number of ether oxygens (including phenoxy) is 1. The standard InChI is InChI=1S/C22H23N3O2.C2H6/c1-25(2)13-14-27-22-18(16-8-4-6-10-20(16)24-26)12-11-17-15-7-3-5-9-19(15)23-21(17)22;1-2/h3-12,23-24,26H,13-14H2,1-2H3;1-2H3/p+1. The zero-order valence-corrected chi connectivity index (χ0v) is 17.6. The smallest absolute Gasteiger partial charge is 0.169 e. The zero-order chi connectivity index (χ0) is 20.8. The largest absolute Gasteiger partial charge is 0.489 e. The lowest BCUT2D eigenvalue weighted by molar-refractivity contribution is -0.825. The van der Waals surface area contributed by atoms with E-state index in [0.29, 0.717) is 6.61 Å². The molecule has 4 N–H and O–H groups in total. The molecular formula is C24H30N3O2+. The molecule has 29 heavy (non-hydrogen) atoms. The molecule has 0 atom stereocenters. The molecule has 0 amide bonds. The molecule has 1 aromatic heterocycles. The van der Waals surface area contributed by atoms with E-state index in [2.05, 4.69) is 34.1 Å². The molecule has 0 fully saturated rings. The molecular weight excluding hydrogens is 362 g/mol. The van der Waals surface area contributed by atoms with Crippen molar-refractivity contribution in [1.29, 1.82) is 0 Å². The summed E-state index contributed by atoms with van der Waals surface area (Å²) in [7, 11) is 4.06. The molecule has 0 saturated heterocycles. The second-order valence-electron chi connectivity index (χ2n) is 6.90. The molecule has 5 nitrogen and oxygen atoms in total. The van der Waals surface area contributed by atoms with Crippen LogP contribution in [0.3, 0.4) is 0 Å². The molecule has 0 aliphatic heterocycles. The van der Waals surface area contributed by atoms with Gasteiger partial charge in [0.05, 0.1) is 5.52 Å². The Morgan fingerprint density at radius 1 is 0.897 bits per heavy atom. The van der Waals surface area contributed by atoms with Gasteiger partial charge >= 0.3 is 0 Å². The molecule has 5 heteroatoms. The van der Waals surface area contributed by atoms with Crippen LogP contribution < -0.4 is 10.2 Å². The van der Waals surface area contributed by atoms with Gasteiger partial charge in [0.15, 0.2) is 11.4 Å². The molecule has 1 heterocycles. The van der Waals surface area contributed by atoms with Crippen molar-refractivity contribution in [2.24, 2.45) is 0 Å². The molecule has 0 unspecified atom stereocenters. The lowest BCUT2D eigenvalue weighted by Crippen LogP contribution is -2.73. The van der Waals surface area contributed by atoms with Gasteiger partial charge in [0, 0.05) is 40.0 Å². The van der Waals surface area contributed by atoms with Gasteiger partial charge in [-0.25, -0.2) is 5.21 Å². The quantitative estimate of drug-likeness (QED) is 0.333. The summed E-state index contributed by atoms with van der Waals surface area (Å²) in [4.78, 5) is 5.62. The Labute approximate surface area is 171 Å². The topological polar surface area (TPSA) is 65.1 Å². The van der Waals surface area contributed by atoms with E-state index < -0.39 is 0 Å².